The molecule has 0 N–H and O–H groups in total. The maximum atomic E-state index is 6.53. The first-order chi connectivity index (χ1) is 25.2. The van der Waals surface area contributed by atoms with E-state index in [1.165, 1.54) is 33.4 Å². The molecule has 4 heterocycles. The zero-order valence-corrected chi connectivity index (χ0v) is 33.1. The molecule has 5 aromatic carbocycles. The number of benzene rings is 5. The zero-order chi connectivity index (χ0) is 36.0. The Kier molecular flexibility index (Phi) is 9.96. The van der Waals surface area contributed by atoms with Gasteiger partial charge in [0, 0.05) is 44.0 Å². The van der Waals surface area contributed by atoms with Gasteiger partial charge in [0.2, 0.25) is 6.71 Å². The standard InChI is InChI=1S/C28H23BNO2.C19H16N.Ir/c1-17-16-30-22(15-19(17)28(2,3)4)18-13-14-25-26-27(18)32-24-12-8-6-10-21(24)29(26)20-9-5-7-11-23(20)31-25;1-14-8-10-17(11-9-14)19-12-18(15(2)13-20-19)16-6-4-3-5-7-16;/h5-12,14-16H,1-4H3;3-10,12-13H,1-2H3;/q2*-1;. The van der Waals surface area contributed by atoms with Crippen molar-refractivity contribution in [1.29, 1.82) is 0 Å². The number of rotatable bonds is 3. The van der Waals surface area contributed by atoms with Gasteiger partial charge in [-0.25, -0.2) is 0 Å². The van der Waals surface area contributed by atoms with E-state index in [1.54, 1.807) is 0 Å². The van der Waals surface area contributed by atoms with E-state index in [1.807, 2.05) is 54.9 Å². The third-order valence-corrected chi connectivity index (χ3v) is 9.86. The summed E-state index contributed by atoms with van der Waals surface area (Å²) in [5, 5.41) is 0. The van der Waals surface area contributed by atoms with Crippen molar-refractivity contribution in [1.82, 2.24) is 9.97 Å². The minimum absolute atomic E-state index is 0. The van der Waals surface area contributed by atoms with Crippen LogP contribution in [0.2, 0.25) is 0 Å². The Hall–Kier alpha value is -5.29. The molecule has 0 unspecified atom stereocenters. The predicted molar refractivity (Wildman–Crippen MR) is 213 cm³/mol. The minimum atomic E-state index is 0. The van der Waals surface area contributed by atoms with E-state index in [0.717, 1.165) is 61.9 Å². The Labute approximate surface area is 326 Å². The van der Waals surface area contributed by atoms with Gasteiger partial charge in [-0.15, -0.1) is 47.5 Å². The summed E-state index contributed by atoms with van der Waals surface area (Å²) in [5.74, 6) is 3.34. The number of aryl methyl sites for hydroxylation is 3. The molecule has 1 radical (unpaired) electrons. The maximum Gasteiger partial charge on any atom is 0.239 e. The molecule has 0 saturated carbocycles. The molecule has 0 aliphatic carbocycles. The van der Waals surface area contributed by atoms with Crippen molar-refractivity contribution in [3.05, 3.63) is 162 Å². The van der Waals surface area contributed by atoms with Gasteiger partial charge < -0.3 is 19.4 Å². The van der Waals surface area contributed by atoms with Crippen LogP contribution in [0.15, 0.2) is 128 Å². The average Bonchev–Trinajstić information content (AvgIpc) is 3.16. The van der Waals surface area contributed by atoms with Gasteiger partial charge in [-0.2, -0.15) is 0 Å². The summed E-state index contributed by atoms with van der Waals surface area (Å²) in [6, 6.07) is 46.1. The van der Waals surface area contributed by atoms with E-state index in [9.17, 15) is 0 Å². The van der Waals surface area contributed by atoms with Crippen molar-refractivity contribution in [2.75, 3.05) is 0 Å². The van der Waals surface area contributed by atoms with E-state index in [4.69, 9.17) is 14.5 Å². The first-order valence-electron chi connectivity index (χ1n) is 17.8. The largest absolute Gasteiger partial charge is 0.503 e. The number of para-hydroxylation sites is 2. The van der Waals surface area contributed by atoms with Gasteiger partial charge in [-0.1, -0.05) is 118 Å². The summed E-state index contributed by atoms with van der Waals surface area (Å²) in [5.41, 5.74) is 14.4. The Morgan fingerprint density at radius 1 is 0.623 bits per heavy atom. The monoisotopic (exact) mass is 867 g/mol. The number of hydrogen-bond acceptors (Lipinski definition) is 4. The zero-order valence-electron chi connectivity index (χ0n) is 30.7. The molecule has 4 nitrogen and oxygen atoms in total. The fourth-order valence-corrected chi connectivity index (χ4v) is 7.24. The summed E-state index contributed by atoms with van der Waals surface area (Å²) in [6.07, 6.45) is 3.89. The molecule has 263 valence electrons. The second-order valence-corrected chi connectivity index (χ2v) is 14.6. The van der Waals surface area contributed by atoms with Crippen LogP contribution in [0.3, 0.4) is 0 Å². The molecular formula is C47H39BIrN2O2-2. The molecule has 2 aliphatic rings. The van der Waals surface area contributed by atoms with E-state index in [2.05, 4.69) is 131 Å². The van der Waals surface area contributed by atoms with Crippen molar-refractivity contribution >= 4 is 23.1 Å². The van der Waals surface area contributed by atoms with Crippen molar-refractivity contribution in [3.63, 3.8) is 0 Å². The molecule has 2 aromatic heterocycles. The van der Waals surface area contributed by atoms with Crippen LogP contribution in [0.4, 0.5) is 0 Å². The van der Waals surface area contributed by atoms with Crippen LogP contribution in [0.5, 0.6) is 23.0 Å². The van der Waals surface area contributed by atoms with Crippen LogP contribution in [0.1, 0.15) is 43.0 Å². The fraction of sp³-hybridized carbons (Fsp3) is 0.149. The van der Waals surface area contributed by atoms with Crippen molar-refractivity contribution in [2.24, 2.45) is 0 Å². The second kappa shape index (κ2) is 14.6. The van der Waals surface area contributed by atoms with E-state index in [-0.39, 0.29) is 32.2 Å². The van der Waals surface area contributed by atoms with E-state index in [0.29, 0.717) is 0 Å². The number of hydrogen-bond donors (Lipinski definition) is 0. The Morgan fingerprint density at radius 2 is 1.26 bits per heavy atom. The van der Waals surface area contributed by atoms with Crippen LogP contribution >= 0.6 is 0 Å². The first kappa shape index (κ1) is 36.1. The number of aromatic nitrogens is 2. The van der Waals surface area contributed by atoms with Gasteiger partial charge in [0.05, 0.1) is 0 Å². The summed E-state index contributed by atoms with van der Waals surface area (Å²) in [7, 11) is 0. The molecule has 0 bridgehead atoms. The quantitative estimate of drug-likeness (QED) is 0.131. The summed E-state index contributed by atoms with van der Waals surface area (Å²) < 4.78 is 12.8. The number of ether oxygens (including phenoxy) is 2. The number of fused-ring (bicyclic) bond motifs is 4. The van der Waals surface area contributed by atoms with Crippen LogP contribution < -0.4 is 25.9 Å². The maximum absolute atomic E-state index is 6.53. The summed E-state index contributed by atoms with van der Waals surface area (Å²) in [6.45, 7) is 13.0. The fourth-order valence-electron chi connectivity index (χ4n) is 7.24. The molecule has 2 aliphatic heterocycles. The Balaban J connectivity index is 0.000000179. The molecule has 6 heteroatoms. The van der Waals surface area contributed by atoms with Gasteiger partial charge in [0.25, 0.3) is 0 Å². The van der Waals surface area contributed by atoms with Gasteiger partial charge in [-0.3, -0.25) is 0 Å². The average molecular weight is 867 g/mol. The van der Waals surface area contributed by atoms with Gasteiger partial charge in [0.1, 0.15) is 11.5 Å². The molecule has 0 atom stereocenters. The Bertz CT molecular complexity index is 2430. The third kappa shape index (κ3) is 6.98. The molecular weight excluding hydrogens is 828 g/mol. The smallest absolute Gasteiger partial charge is 0.239 e. The molecule has 0 fully saturated rings. The molecule has 7 aromatic rings. The van der Waals surface area contributed by atoms with Gasteiger partial charge in [-0.05, 0) is 81.5 Å². The van der Waals surface area contributed by atoms with Crippen molar-refractivity contribution in [3.8, 4) is 56.6 Å². The van der Waals surface area contributed by atoms with E-state index >= 15 is 0 Å². The normalized spacial score (nSPS) is 12.1. The van der Waals surface area contributed by atoms with Crippen LogP contribution in [0, 0.1) is 32.9 Å². The summed E-state index contributed by atoms with van der Waals surface area (Å²) >= 11 is 0. The van der Waals surface area contributed by atoms with Crippen LogP contribution in [-0.2, 0) is 25.5 Å². The molecule has 0 spiro atoms. The first-order valence-corrected chi connectivity index (χ1v) is 17.8. The van der Waals surface area contributed by atoms with Crippen LogP contribution in [-0.4, -0.2) is 16.7 Å². The Morgan fingerprint density at radius 3 is 1.94 bits per heavy atom. The van der Waals surface area contributed by atoms with Crippen molar-refractivity contribution in [2.45, 2.75) is 47.0 Å². The second-order valence-electron chi connectivity index (χ2n) is 14.6. The van der Waals surface area contributed by atoms with Gasteiger partial charge in [0.15, 0.2) is 0 Å². The SMILES string of the molecule is Cc1c[c-]c(-c2cc(-c3ccccc3)c(C)cn2)cc1.Cc1cnc(-c2[c-]cc3c4c2Oc2ccccc2B4c2ccccc2O3)cc1C(C)(C)C.[Ir]. The third-order valence-electron chi connectivity index (χ3n) is 9.86. The predicted octanol–water partition coefficient (Wildman–Crippen LogP) is 9.71. The molecule has 0 saturated heterocycles. The molecule has 53 heavy (non-hydrogen) atoms. The number of nitrogens with zero attached hydrogens (tertiary/aromatic N) is 2. The molecule has 9 rings (SSSR count). The topological polar surface area (TPSA) is 44.2 Å². The van der Waals surface area contributed by atoms with Crippen LogP contribution in [0.25, 0.3) is 33.6 Å². The van der Waals surface area contributed by atoms with Crippen molar-refractivity contribution < 1.29 is 29.6 Å². The van der Waals surface area contributed by atoms with E-state index < -0.39 is 0 Å². The summed E-state index contributed by atoms with van der Waals surface area (Å²) in [4.78, 5) is 9.31. The number of pyridine rings is 2. The molecule has 0 amide bonds. The van der Waals surface area contributed by atoms with Gasteiger partial charge >= 0.3 is 0 Å². The minimum Gasteiger partial charge on any atom is -0.503 e.